The Labute approximate surface area is 114 Å². The minimum absolute atomic E-state index is 0.118. The highest BCUT2D eigenvalue weighted by Gasteiger charge is 2.19. The van der Waals surface area contributed by atoms with E-state index in [4.69, 9.17) is 11.5 Å². The average molecular weight is 327 g/mol. The van der Waals surface area contributed by atoms with E-state index >= 15 is 0 Å². The van der Waals surface area contributed by atoms with E-state index in [1.165, 1.54) is 24.3 Å². The van der Waals surface area contributed by atoms with Gasteiger partial charge in [-0.3, -0.25) is 0 Å². The number of nitrogen functional groups attached to an aromatic ring is 2. The van der Waals surface area contributed by atoms with Crippen molar-refractivity contribution in [2.45, 2.75) is 9.79 Å². The van der Waals surface area contributed by atoms with Gasteiger partial charge in [-0.05, 0) is 40.2 Å². The van der Waals surface area contributed by atoms with Gasteiger partial charge in [0.25, 0.3) is 0 Å². The third-order valence-electron chi connectivity index (χ3n) is 2.50. The van der Waals surface area contributed by atoms with Crippen molar-refractivity contribution in [3.63, 3.8) is 0 Å². The molecule has 4 N–H and O–H groups in total. The van der Waals surface area contributed by atoms with Crippen LogP contribution in [0.1, 0.15) is 0 Å². The predicted octanol–water partition coefficient (Wildman–Crippen LogP) is 2.45. The maximum atomic E-state index is 12.3. The molecule has 0 bridgehead atoms. The molecule has 0 aliphatic rings. The highest BCUT2D eigenvalue weighted by atomic mass is 79.9. The van der Waals surface area contributed by atoms with E-state index in [2.05, 4.69) is 15.9 Å². The fraction of sp³-hybridized carbons (Fsp3) is 0. The van der Waals surface area contributed by atoms with E-state index in [-0.39, 0.29) is 15.5 Å². The van der Waals surface area contributed by atoms with Gasteiger partial charge in [0.05, 0.1) is 21.2 Å². The summed E-state index contributed by atoms with van der Waals surface area (Å²) in [5.74, 6) is 0. The first kappa shape index (κ1) is 12.9. The van der Waals surface area contributed by atoms with Crippen LogP contribution in [0.4, 0.5) is 11.4 Å². The van der Waals surface area contributed by atoms with Crippen LogP contribution in [0.15, 0.2) is 56.7 Å². The molecule has 2 aromatic rings. The van der Waals surface area contributed by atoms with Crippen molar-refractivity contribution in [2.75, 3.05) is 11.5 Å². The number of benzene rings is 2. The van der Waals surface area contributed by atoms with Crippen molar-refractivity contribution < 1.29 is 8.42 Å². The van der Waals surface area contributed by atoms with Crippen molar-refractivity contribution in [3.8, 4) is 0 Å². The van der Waals surface area contributed by atoms with Gasteiger partial charge < -0.3 is 11.5 Å². The van der Waals surface area contributed by atoms with Crippen LogP contribution in [-0.2, 0) is 9.84 Å². The smallest absolute Gasteiger partial charge is 0.206 e. The Morgan fingerprint density at radius 2 is 1.56 bits per heavy atom. The van der Waals surface area contributed by atoms with Crippen LogP contribution in [0.25, 0.3) is 0 Å². The monoisotopic (exact) mass is 326 g/mol. The minimum atomic E-state index is -3.57. The quantitative estimate of drug-likeness (QED) is 0.830. The molecule has 2 rings (SSSR count). The van der Waals surface area contributed by atoms with Crippen molar-refractivity contribution in [1.82, 2.24) is 0 Å². The van der Waals surface area contributed by atoms with Crippen LogP contribution in [-0.4, -0.2) is 8.42 Å². The average Bonchev–Trinajstić information content (AvgIpc) is 2.36. The maximum Gasteiger partial charge on any atom is 0.206 e. The van der Waals surface area contributed by atoms with Crippen molar-refractivity contribution in [3.05, 3.63) is 46.9 Å². The first-order valence-corrected chi connectivity index (χ1v) is 7.35. The number of anilines is 2. The summed E-state index contributed by atoms with van der Waals surface area (Å²) in [5, 5.41) is 0. The number of sulfone groups is 1. The molecule has 0 amide bonds. The zero-order chi connectivity index (χ0) is 13.3. The molecular formula is C12H11BrN2O2S. The summed E-state index contributed by atoms with van der Waals surface area (Å²) < 4.78 is 25.1. The van der Waals surface area contributed by atoms with Gasteiger partial charge in [-0.1, -0.05) is 18.2 Å². The molecule has 0 aromatic heterocycles. The van der Waals surface area contributed by atoms with Crippen molar-refractivity contribution in [2.24, 2.45) is 0 Å². The molecule has 0 saturated carbocycles. The summed E-state index contributed by atoms with van der Waals surface area (Å²) >= 11 is 3.19. The number of nitrogens with two attached hydrogens (primary N) is 2. The molecule has 2 aromatic carbocycles. The van der Waals surface area contributed by atoms with Crippen LogP contribution in [0, 0.1) is 0 Å². The Balaban J connectivity index is 2.63. The molecule has 0 aliphatic heterocycles. The van der Waals surface area contributed by atoms with Crippen molar-refractivity contribution >= 4 is 37.1 Å². The highest BCUT2D eigenvalue weighted by molar-refractivity contribution is 9.10. The summed E-state index contributed by atoms with van der Waals surface area (Å²) in [6, 6.07) is 11.0. The third kappa shape index (κ3) is 2.21. The van der Waals surface area contributed by atoms with Gasteiger partial charge in [-0.2, -0.15) is 0 Å². The SMILES string of the molecule is Nc1cc(S(=O)(=O)c2ccccc2)cc(Br)c1N. The molecule has 0 spiro atoms. The number of rotatable bonds is 2. The molecule has 0 unspecified atom stereocenters. The summed E-state index contributed by atoms with van der Waals surface area (Å²) in [4.78, 5) is 0.341. The fourth-order valence-corrected chi connectivity index (χ4v) is 3.47. The van der Waals surface area contributed by atoms with Gasteiger partial charge in [0.1, 0.15) is 0 Å². The topological polar surface area (TPSA) is 86.2 Å². The molecule has 6 heteroatoms. The second kappa shape index (κ2) is 4.62. The van der Waals surface area contributed by atoms with E-state index in [1.54, 1.807) is 18.2 Å². The molecule has 94 valence electrons. The Bertz CT molecular complexity index is 661. The lowest BCUT2D eigenvalue weighted by Crippen LogP contribution is -2.04. The van der Waals surface area contributed by atoms with Crippen LogP contribution in [0.3, 0.4) is 0 Å². The first-order chi connectivity index (χ1) is 8.43. The lowest BCUT2D eigenvalue weighted by Gasteiger charge is -2.08. The lowest BCUT2D eigenvalue weighted by molar-refractivity contribution is 0.596. The molecule has 0 atom stereocenters. The van der Waals surface area contributed by atoms with Crippen LogP contribution < -0.4 is 11.5 Å². The number of hydrogen-bond donors (Lipinski definition) is 2. The molecule has 0 aliphatic carbocycles. The normalized spacial score (nSPS) is 11.4. The molecule has 0 fully saturated rings. The minimum Gasteiger partial charge on any atom is -0.397 e. The van der Waals surface area contributed by atoms with E-state index < -0.39 is 9.84 Å². The van der Waals surface area contributed by atoms with Gasteiger partial charge in [-0.25, -0.2) is 8.42 Å². The summed E-state index contributed by atoms with van der Waals surface area (Å²) in [6.45, 7) is 0. The number of halogens is 1. The molecule has 0 heterocycles. The zero-order valence-corrected chi connectivity index (χ0v) is 11.7. The van der Waals surface area contributed by atoms with Crippen LogP contribution in [0.5, 0.6) is 0 Å². The predicted molar refractivity (Wildman–Crippen MR) is 74.9 cm³/mol. The summed E-state index contributed by atoms with van der Waals surface area (Å²) in [7, 11) is -3.57. The molecular weight excluding hydrogens is 316 g/mol. The highest BCUT2D eigenvalue weighted by Crippen LogP contribution is 2.31. The Kier molecular flexibility index (Phi) is 3.32. The van der Waals surface area contributed by atoms with Gasteiger partial charge in [0.15, 0.2) is 0 Å². The Hall–Kier alpha value is -1.53. The van der Waals surface area contributed by atoms with Gasteiger partial charge in [0, 0.05) is 4.47 Å². The van der Waals surface area contributed by atoms with E-state index in [0.717, 1.165) is 0 Å². The second-order valence-corrected chi connectivity index (χ2v) is 6.53. The van der Waals surface area contributed by atoms with Gasteiger partial charge >= 0.3 is 0 Å². The third-order valence-corrected chi connectivity index (χ3v) is 4.90. The maximum absolute atomic E-state index is 12.3. The van der Waals surface area contributed by atoms with E-state index in [1.807, 2.05) is 0 Å². The summed E-state index contributed by atoms with van der Waals surface area (Å²) in [5.41, 5.74) is 11.9. The van der Waals surface area contributed by atoms with Gasteiger partial charge in [0.2, 0.25) is 9.84 Å². The van der Waals surface area contributed by atoms with Crippen molar-refractivity contribution in [1.29, 1.82) is 0 Å². The number of hydrogen-bond acceptors (Lipinski definition) is 4. The van der Waals surface area contributed by atoms with Crippen LogP contribution >= 0.6 is 15.9 Å². The largest absolute Gasteiger partial charge is 0.397 e. The Morgan fingerprint density at radius 3 is 2.11 bits per heavy atom. The molecule has 0 saturated heterocycles. The lowest BCUT2D eigenvalue weighted by atomic mass is 10.3. The second-order valence-electron chi connectivity index (χ2n) is 3.72. The standard InChI is InChI=1S/C12H11BrN2O2S/c13-10-6-9(7-11(14)12(10)15)18(16,17)8-4-2-1-3-5-8/h1-7H,14-15H2. The van der Waals surface area contributed by atoms with E-state index in [9.17, 15) is 8.42 Å². The zero-order valence-electron chi connectivity index (χ0n) is 9.30. The molecule has 0 radical (unpaired) electrons. The Morgan fingerprint density at radius 1 is 0.944 bits per heavy atom. The van der Waals surface area contributed by atoms with Crippen LogP contribution in [0.2, 0.25) is 0 Å². The molecule has 4 nitrogen and oxygen atoms in total. The first-order valence-electron chi connectivity index (χ1n) is 5.07. The fourth-order valence-electron chi connectivity index (χ4n) is 1.50. The van der Waals surface area contributed by atoms with E-state index in [0.29, 0.717) is 10.2 Å². The molecule has 18 heavy (non-hydrogen) atoms. The summed E-state index contributed by atoms with van der Waals surface area (Å²) in [6.07, 6.45) is 0. The van der Waals surface area contributed by atoms with Gasteiger partial charge in [-0.15, -0.1) is 0 Å².